The maximum absolute atomic E-state index is 11.8. The van der Waals surface area contributed by atoms with E-state index in [1.54, 1.807) is 36.4 Å². The summed E-state index contributed by atoms with van der Waals surface area (Å²) in [4.78, 5) is 23.6. The van der Waals surface area contributed by atoms with Crippen LogP contribution in [0, 0.1) is 0 Å². The van der Waals surface area contributed by atoms with Gasteiger partial charge in [0.05, 0.1) is 15.6 Å². The number of halogens is 1. The number of para-hydroxylation sites is 1. The van der Waals surface area contributed by atoms with Gasteiger partial charge in [0.15, 0.2) is 0 Å². The van der Waals surface area contributed by atoms with Crippen molar-refractivity contribution < 1.29 is 18.0 Å². The number of anilines is 1. The SMILES string of the molecule is NS(=O)(=O)c1ccc(CCNC(=O)C(=O)Nc2ccccc2Cl)cc1. The van der Waals surface area contributed by atoms with Gasteiger partial charge in [-0.2, -0.15) is 0 Å². The average molecular weight is 382 g/mol. The molecule has 0 atom stereocenters. The van der Waals surface area contributed by atoms with E-state index >= 15 is 0 Å². The predicted octanol–water partition coefficient (Wildman–Crippen LogP) is 1.28. The van der Waals surface area contributed by atoms with Gasteiger partial charge in [-0.3, -0.25) is 9.59 Å². The second-order valence-electron chi connectivity index (χ2n) is 5.13. The molecular weight excluding hydrogens is 366 g/mol. The van der Waals surface area contributed by atoms with E-state index in [0.29, 0.717) is 17.1 Å². The number of carbonyl (C=O) groups excluding carboxylic acids is 2. The molecule has 0 fully saturated rings. The van der Waals surface area contributed by atoms with E-state index in [-0.39, 0.29) is 11.4 Å². The van der Waals surface area contributed by atoms with Crippen molar-refractivity contribution in [3.8, 4) is 0 Å². The van der Waals surface area contributed by atoms with Crippen molar-refractivity contribution in [2.24, 2.45) is 5.14 Å². The van der Waals surface area contributed by atoms with Crippen molar-refractivity contribution in [3.63, 3.8) is 0 Å². The Morgan fingerprint density at radius 3 is 2.24 bits per heavy atom. The molecule has 25 heavy (non-hydrogen) atoms. The minimum Gasteiger partial charge on any atom is -0.347 e. The van der Waals surface area contributed by atoms with Crippen LogP contribution in [0.5, 0.6) is 0 Å². The first kappa shape index (κ1) is 18.9. The van der Waals surface area contributed by atoms with Crippen molar-refractivity contribution in [2.75, 3.05) is 11.9 Å². The Kier molecular flexibility index (Phi) is 6.13. The molecule has 0 aliphatic heterocycles. The zero-order chi connectivity index (χ0) is 18.4. The summed E-state index contributed by atoms with van der Waals surface area (Å²) in [5.41, 5.74) is 1.14. The van der Waals surface area contributed by atoms with Crippen LogP contribution >= 0.6 is 11.6 Å². The summed E-state index contributed by atoms with van der Waals surface area (Å²) in [5.74, 6) is -1.61. The van der Waals surface area contributed by atoms with Crippen molar-refractivity contribution in [1.29, 1.82) is 0 Å². The lowest BCUT2D eigenvalue weighted by Crippen LogP contribution is -2.36. The molecule has 0 spiro atoms. The van der Waals surface area contributed by atoms with Gasteiger partial charge in [0, 0.05) is 6.54 Å². The maximum Gasteiger partial charge on any atom is 0.313 e. The Morgan fingerprint density at radius 1 is 1.00 bits per heavy atom. The first-order chi connectivity index (χ1) is 11.8. The molecule has 0 unspecified atom stereocenters. The van der Waals surface area contributed by atoms with Crippen LogP contribution in [0.15, 0.2) is 53.4 Å². The number of nitrogens with two attached hydrogens (primary N) is 1. The lowest BCUT2D eigenvalue weighted by Gasteiger charge is -2.08. The fourth-order valence-electron chi connectivity index (χ4n) is 1.99. The van der Waals surface area contributed by atoms with Crippen LogP contribution in [-0.2, 0) is 26.0 Å². The van der Waals surface area contributed by atoms with Gasteiger partial charge in [0.2, 0.25) is 10.0 Å². The highest BCUT2D eigenvalue weighted by atomic mass is 35.5. The van der Waals surface area contributed by atoms with Gasteiger partial charge in [-0.05, 0) is 36.2 Å². The van der Waals surface area contributed by atoms with Crippen LogP contribution in [-0.4, -0.2) is 26.8 Å². The second kappa shape index (κ2) is 8.11. The van der Waals surface area contributed by atoms with E-state index in [4.69, 9.17) is 16.7 Å². The summed E-state index contributed by atoms with van der Waals surface area (Å²) in [6.45, 7) is 0.212. The molecule has 2 aromatic carbocycles. The van der Waals surface area contributed by atoms with Crippen LogP contribution in [0.4, 0.5) is 5.69 Å². The Bertz CT molecular complexity index is 883. The molecule has 2 rings (SSSR count). The van der Waals surface area contributed by atoms with Crippen molar-refractivity contribution >= 4 is 39.1 Å². The summed E-state index contributed by atoms with van der Waals surface area (Å²) in [7, 11) is -3.73. The third-order valence-electron chi connectivity index (χ3n) is 3.28. The van der Waals surface area contributed by atoms with E-state index in [1.807, 2.05) is 0 Å². The smallest absolute Gasteiger partial charge is 0.313 e. The molecule has 0 aromatic heterocycles. The average Bonchev–Trinajstić information content (AvgIpc) is 2.56. The van der Waals surface area contributed by atoms with E-state index < -0.39 is 21.8 Å². The van der Waals surface area contributed by atoms with Crippen LogP contribution < -0.4 is 15.8 Å². The molecule has 132 valence electrons. The fraction of sp³-hybridized carbons (Fsp3) is 0.125. The maximum atomic E-state index is 11.8. The third kappa shape index (κ3) is 5.56. The summed E-state index contributed by atoms with van der Waals surface area (Å²) in [6, 6.07) is 12.5. The normalized spacial score (nSPS) is 11.0. The summed E-state index contributed by atoms with van der Waals surface area (Å²) in [6.07, 6.45) is 0.427. The topological polar surface area (TPSA) is 118 Å². The van der Waals surface area contributed by atoms with Gasteiger partial charge in [-0.25, -0.2) is 13.6 Å². The molecule has 2 aromatic rings. The van der Waals surface area contributed by atoms with Gasteiger partial charge in [-0.1, -0.05) is 35.9 Å². The first-order valence-corrected chi connectivity index (χ1v) is 9.15. The molecule has 0 aliphatic rings. The monoisotopic (exact) mass is 381 g/mol. The molecule has 0 heterocycles. The highest BCUT2D eigenvalue weighted by Crippen LogP contribution is 2.20. The number of rotatable bonds is 5. The van der Waals surface area contributed by atoms with Crippen molar-refractivity contribution in [2.45, 2.75) is 11.3 Å². The quantitative estimate of drug-likeness (QED) is 0.676. The Balaban J connectivity index is 1.84. The Labute approximate surface area is 150 Å². The molecule has 0 radical (unpaired) electrons. The molecule has 2 amide bonds. The molecule has 7 nitrogen and oxygen atoms in total. The van der Waals surface area contributed by atoms with E-state index in [0.717, 1.165) is 5.56 Å². The number of sulfonamides is 1. The lowest BCUT2D eigenvalue weighted by molar-refractivity contribution is -0.136. The zero-order valence-electron chi connectivity index (χ0n) is 13.0. The summed E-state index contributed by atoms with van der Waals surface area (Å²) in [5, 5.41) is 10.2. The number of nitrogens with one attached hydrogen (secondary N) is 2. The lowest BCUT2D eigenvalue weighted by atomic mass is 10.1. The van der Waals surface area contributed by atoms with Gasteiger partial charge in [-0.15, -0.1) is 0 Å². The largest absolute Gasteiger partial charge is 0.347 e. The molecule has 0 bridgehead atoms. The summed E-state index contributed by atoms with van der Waals surface area (Å²) >= 11 is 5.90. The van der Waals surface area contributed by atoms with E-state index in [1.165, 1.54) is 12.1 Å². The van der Waals surface area contributed by atoms with E-state index in [2.05, 4.69) is 10.6 Å². The van der Waals surface area contributed by atoms with Gasteiger partial charge in [0.1, 0.15) is 0 Å². The minimum absolute atomic E-state index is 0.0133. The van der Waals surface area contributed by atoms with Gasteiger partial charge < -0.3 is 10.6 Å². The molecule has 9 heteroatoms. The molecule has 4 N–H and O–H groups in total. The van der Waals surface area contributed by atoms with Crippen molar-refractivity contribution in [3.05, 3.63) is 59.1 Å². The van der Waals surface area contributed by atoms with Crippen LogP contribution in [0.2, 0.25) is 5.02 Å². The zero-order valence-corrected chi connectivity index (χ0v) is 14.6. The number of hydrogen-bond acceptors (Lipinski definition) is 4. The molecule has 0 saturated heterocycles. The molecular formula is C16H16ClN3O4S. The van der Waals surface area contributed by atoms with Crippen LogP contribution in [0.3, 0.4) is 0 Å². The first-order valence-electron chi connectivity index (χ1n) is 7.23. The minimum atomic E-state index is -3.73. The van der Waals surface area contributed by atoms with Crippen molar-refractivity contribution in [1.82, 2.24) is 5.32 Å². The number of carbonyl (C=O) groups is 2. The van der Waals surface area contributed by atoms with Crippen LogP contribution in [0.1, 0.15) is 5.56 Å². The number of primary sulfonamides is 1. The fourth-order valence-corrected chi connectivity index (χ4v) is 2.69. The number of benzene rings is 2. The third-order valence-corrected chi connectivity index (χ3v) is 4.54. The number of amides is 2. The molecule has 0 saturated carbocycles. The Hall–Kier alpha value is -2.42. The standard InChI is InChI=1S/C16H16ClN3O4S/c17-13-3-1-2-4-14(13)20-16(22)15(21)19-10-9-11-5-7-12(8-6-11)25(18,23)24/h1-8H,9-10H2,(H,19,21)(H,20,22)(H2,18,23,24). The van der Waals surface area contributed by atoms with E-state index in [9.17, 15) is 18.0 Å². The van der Waals surface area contributed by atoms with Gasteiger partial charge in [0.25, 0.3) is 0 Å². The highest BCUT2D eigenvalue weighted by Gasteiger charge is 2.14. The highest BCUT2D eigenvalue weighted by molar-refractivity contribution is 7.89. The molecule has 0 aliphatic carbocycles. The number of hydrogen-bond donors (Lipinski definition) is 3. The predicted molar refractivity (Wildman–Crippen MR) is 94.6 cm³/mol. The summed E-state index contributed by atoms with van der Waals surface area (Å²) < 4.78 is 22.3. The van der Waals surface area contributed by atoms with Gasteiger partial charge >= 0.3 is 11.8 Å². The van der Waals surface area contributed by atoms with Crippen LogP contribution in [0.25, 0.3) is 0 Å². The Morgan fingerprint density at radius 2 is 1.64 bits per heavy atom. The second-order valence-corrected chi connectivity index (χ2v) is 7.10.